The van der Waals surface area contributed by atoms with Crippen molar-refractivity contribution in [2.45, 2.75) is 38.3 Å². The second-order valence-corrected chi connectivity index (χ2v) is 7.45. The van der Waals surface area contributed by atoms with Gasteiger partial charge in [-0.2, -0.15) is 0 Å². The number of nitrogens with one attached hydrogen (secondary N) is 2. The molecule has 0 aliphatic rings. The Morgan fingerprint density at radius 1 is 1.17 bits per heavy atom. The number of carboxylic acid groups (broad SMARTS) is 2. The van der Waals surface area contributed by atoms with Crippen LogP contribution in [0.4, 0.5) is 0 Å². The zero-order valence-electron chi connectivity index (χ0n) is 13.3. The number of hydrogen-bond acceptors (Lipinski definition) is 7. The van der Waals surface area contributed by atoms with Gasteiger partial charge in [0.15, 0.2) is 0 Å². The summed E-state index contributed by atoms with van der Waals surface area (Å²) in [5.74, 6) is -2.34. The summed E-state index contributed by atoms with van der Waals surface area (Å²) in [7, 11) is 2.94. The van der Waals surface area contributed by atoms with Crippen LogP contribution >= 0.6 is 21.6 Å². The molecule has 0 aliphatic heterocycles. The van der Waals surface area contributed by atoms with Crippen LogP contribution in [0, 0.1) is 0 Å². The molecule has 0 radical (unpaired) electrons. The summed E-state index contributed by atoms with van der Waals surface area (Å²) in [5, 5.41) is 22.0. The molecule has 0 saturated heterocycles. The van der Waals surface area contributed by atoms with Crippen LogP contribution in [0.2, 0.25) is 0 Å². The number of amides is 2. The lowest BCUT2D eigenvalue weighted by Crippen LogP contribution is -2.49. The van der Waals surface area contributed by atoms with Crippen LogP contribution in [-0.4, -0.2) is 64.1 Å². The first-order valence-electron chi connectivity index (χ1n) is 7.29. The van der Waals surface area contributed by atoms with Crippen LogP contribution < -0.4 is 16.4 Å². The number of carbonyl (C=O) groups is 4. The SMILES string of the molecule is CCCSSCC(NC(=O)CCC(N)C(=O)O)C(=O)NCC(=O)O. The number of carbonyl (C=O) groups excluding carboxylic acids is 2. The highest BCUT2D eigenvalue weighted by atomic mass is 33.1. The fourth-order valence-electron chi connectivity index (χ4n) is 1.40. The van der Waals surface area contributed by atoms with Crippen molar-refractivity contribution in [1.82, 2.24) is 10.6 Å². The normalized spacial score (nSPS) is 12.9. The molecule has 0 aromatic heterocycles. The van der Waals surface area contributed by atoms with Gasteiger partial charge in [0.05, 0.1) is 0 Å². The van der Waals surface area contributed by atoms with E-state index in [-0.39, 0.29) is 18.6 Å². The number of carboxylic acids is 2. The molecule has 24 heavy (non-hydrogen) atoms. The van der Waals surface area contributed by atoms with E-state index in [1.54, 1.807) is 10.8 Å². The number of nitrogens with two attached hydrogens (primary N) is 1. The molecule has 0 heterocycles. The lowest BCUT2D eigenvalue weighted by molar-refractivity contribution is -0.139. The van der Waals surface area contributed by atoms with E-state index in [2.05, 4.69) is 10.6 Å². The van der Waals surface area contributed by atoms with Gasteiger partial charge in [-0.05, 0) is 12.8 Å². The van der Waals surface area contributed by atoms with E-state index in [0.717, 1.165) is 12.2 Å². The van der Waals surface area contributed by atoms with Crippen LogP contribution in [0.3, 0.4) is 0 Å². The predicted octanol–water partition coefficient (Wildman–Crippen LogP) is -0.344. The quantitative estimate of drug-likeness (QED) is 0.212. The van der Waals surface area contributed by atoms with Crippen LogP contribution in [0.25, 0.3) is 0 Å². The first-order chi connectivity index (χ1) is 11.3. The van der Waals surface area contributed by atoms with Crippen molar-refractivity contribution in [2.75, 3.05) is 18.1 Å². The van der Waals surface area contributed by atoms with Crippen LogP contribution in [0.5, 0.6) is 0 Å². The Kier molecular flexibility index (Phi) is 12.1. The molecular weight excluding hydrogens is 358 g/mol. The fraction of sp³-hybridized carbons (Fsp3) is 0.692. The maximum atomic E-state index is 12.0. The molecule has 9 nitrogen and oxygen atoms in total. The summed E-state index contributed by atoms with van der Waals surface area (Å²) < 4.78 is 0. The lowest BCUT2D eigenvalue weighted by atomic mass is 10.1. The number of rotatable bonds is 13. The summed E-state index contributed by atoms with van der Waals surface area (Å²) in [4.78, 5) is 44.9. The summed E-state index contributed by atoms with van der Waals surface area (Å²) in [6, 6.07) is -2.04. The van der Waals surface area contributed by atoms with Crippen molar-refractivity contribution in [3.05, 3.63) is 0 Å². The molecule has 0 bridgehead atoms. The van der Waals surface area contributed by atoms with Gasteiger partial charge < -0.3 is 26.6 Å². The van der Waals surface area contributed by atoms with Crippen LogP contribution in [0.15, 0.2) is 0 Å². The van der Waals surface area contributed by atoms with E-state index in [1.165, 1.54) is 10.8 Å². The summed E-state index contributed by atoms with van der Waals surface area (Å²) >= 11 is 0. The minimum Gasteiger partial charge on any atom is -0.480 e. The monoisotopic (exact) mass is 381 g/mol. The average molecular weight is 381 g/mol. The Hall–Kier alpha value is -1.46. The second kappa shape index (κ2) is 12.9. The van der Waals surface area contributed by atoms with Gasteiger partial charge in [0.1, 0.15) is 18.6 Å². The molecule has 0 aliphatic carbocycles. The van der Waals surface area contributed by atoms with Gasteiger partial charge in [0.25, 0.3) is 0 Å². The van der Waals surface area contributed by atoms with Gasteiger partial charge in [0.2, 0.25) is 11.8 Å². The smallest absolute Gasteiger partial charge is 0.322 e. The van der Waals surface area contributed by atoms with Crippen molar-refractivity contribution in [2.24, 2.45) is 5.73 Å². The molecule has 2 unspecified atom stereocenters. The van der Waals surface area contributed by atoms with Crippen molar-refractivity contribution in [3.63, 3.8) is 0 Å². The predicted molar refractivity (Wildman–Crippen MR) is 92.6 cm³/mol. The Balaban J connectivity index is 4.49. The highest BCUT2D eigenvalue weighted by molar-refractivity contribution is 8.76. The molecule has 0 saturated carbocycles. The highest BCUT2D eigenvalue weighted by Crippen LogP contribution is 2.22. The van der Waals surface area contributed by atoms with Gasteiger partial charge in [-0.3, -0.25) is 19.2 Å². The van der Waals surface area contributed by atoms with E-state index in [1.807, 2.05) is 6.92 Å². The third-order valence-corrected chi connectivity index (χ3v) is 5.29. The first kappa shape index (κ1) is 22.5. The second-order valence-electron chi connectivity index (χ2n) is 4.82. The van der Waals surface area contributed by atoms with E-state index in [0.29, 0.717) is 0 Å². The first-order valence-corrected chi connectivity index (χ1v) is 9.78. The topological polar surface area (TPSA) is 159 Å². The van der Waals surface area contributed by atoms with E-state index >= 15 is 0 Å². The maximum Gasteiger partial charge on any atom is 0.322 e. The molecule has 0 rings (SSSR count). The van der Waals surface area contributed by atoms with Gasteiger partial charge in [-0.15, -0.1) is 0 Å². The summed E-state index contributed by atoms with van der Waals surface area (Å²) in [5.41, 5.74) is 5.32. The summed E-state index contributed by atoms with van der Waals surface area (Å²) in [6.45, 7) is 1.47. The third-order valence-electron chi connectivity index (χ3n) is 2.67. The Morgan fingerprint density at radius 3 is 2.38 bits per heavy atom. The number of aliphatic carboxylic acids is 2. The van der Waals surface area contributed by atoms with Crippen LogP contribution in [-0.2, 0) is 19.2 Å². The van der Waals surface area contributed by atoms with E-state index < -0.39 is 42.4 Å². The van der Waals surface area contributed by atoms with Gasteiger partial charge in [-0.25, -0.2) is 0 Å². The third kappa shape index (κ3) is 11.1. The average Bonchev–Trinajstić information content (AvgIpc) is 2.52. The summed E-state index contributed by atoms with van der Waals surface area (Å²) in [6.07, 6.45) is 0.776. The van der Waals surface area contributed by atoms with E-state index in [4.69, 9.17) is 15.9 Å². The molecule has 0 aromatic carbocycles. The molecular formula is C13H23N3O6S2. The van der Waals surface area contributed by atoms with Crippen LogP contribution in [0.1, 0.15) is 26.2 Å². The van der Waals surface area contributed by atoms with Gasteiger partial charge in [-0.1, -0.05) is 28.5 Å². The van der Waals surface area contributed by atoms with Crippen molar-refractivity contribution in [3.8, 4) is 0 Å². The molecule has 2 amide bonds. The minimum atomic E-state index is -1.20. The Labute approximate surface area is 147 Å². The molecule has 138 valence electrons. The number of hydrogen-bond donors (Lipinski definition) is 5. The Morgan fingerprint density at radius 2 is 1.83 bits per heavy atom. The fourth-order valence-corrected chi connectivity index (χ4v) is 3.71. The standard InChI is InChI=1S/C13H23N3O6S2/c1-2-5-23-24-7-9(12(20)15-6-11(18)19)16-10(17)4-3-8(14)13(21)22/h8-9H,2-7,14H2,1H3,(H,15,20)(H,16,17)(H,18,19)(H,21,22). The largest absolute Gasteiger partial charge is 0.480 e. The molecule has 0 spiro atoms. The zero-order chi connectivity index (χ0) is 18.5. The Bertz CT molecular complexity index is 449. The van der Waals surface area contributed by atoms with Crippen molar-refractivity contribution >= 4 is 45.3 Å². The lowest BCUT2D eigenvalue weighted by Gasteiger charge is -2.17. The van der Waals surface area contributed by atoms with Gasteiger partial charge >= 0.3 is 11.9 Å². The van der Waals surface area contributed by atoms with E-state index in [9.17, 15) is 19.2 Å². The molecule has 6 N–H and O–H groups in total. The van der Waals surface area contributed by atoms with Crippen molar-refractivity contribution in [1.29, 1.82) is 0 Å². The molecule has 0 aromatic rings. The maximum absolute atomic E-state index is 12.0. The van der Waals surface area contributed by atoms with Gasteiger partial charge in [0, 0.05) is 17.9 Å². The minimum absolute atomic E-state index is 0.0532. The zero-order valence-corrected chi connectivity index (χ0v) is 15.0. The molecule has 0 fully saturated rings. The molecule has 2 atom stereocenters. The highest BCUT2D eigenvalue weighted by Gasteiger charge is 2.22. The van der Waals surface area contributed by atoms with Crippen molar-refractivity contribution < 1.29 is 29.4 Å². The molecule has 11 heteroatoms.